The largest absolute Gasteiger partial charge is 0.493 e. The molecule has 1 heterocycles. The van der Waals surface area contributed by atoms with Crippen LogP contribution >= 0.6 is 0 Å². The lowest BCUT2D eigenvalue weighted by Crippen LogP contribution is -2.12. The number of hydrogen-bond acceptors (Lipinski definition) is 2. The summed E-state index contributed by atoms with van der Waals surface area (Å²) < 4.78 is 5.60. The predicted octanol–water partition coefficient (Wildman–Crippen LogP) is 2.28. The maximum absolute atomic E-state index is 11.0. The number of hydrogen-bond donors (Lipinski definition) is 1. The first kappa shape index (κ1) is 10.0. The Labute approximate surface area is 89.4 Å². The Balaban J connectivity index is 2.36. The van der Waals surface area contributed by atoms with E-state index in [-0.39, 0.29) is 5.91 Å². The van der Waals surface area contributed by atoms with Crippen LogP contribution in [0.5, 0.6) is 5.75 Å². The van der Waals surface area contributed by atoms with Crippen molar-refractivity contribution in [3.05, 3.63) is 23.3 Å². The molecule has 1 N–H and O–H groups in total. The highest BCUT2D eigenvalue weighted by atomic mass is 16.5. The molecule has 1 amide bonds. The van der Waals surface area contributed by atoms with Crippen molar-refractivity contribution in [3.8, 4) is 5.75 Å². The molecule has 0 saturated carbocycles. The van der Waals surface area contributed by atoms with Crippen molar-refractivity contribution < 1.29 is 9.53 Å². The number of aryl methyl sites for hydroxylation is 2. The lowest BCUT2D eigenvalue weighted by atomic mass is 10.0. The van der Waals surface area contributed by atoms with Gasteiger partial charge >= 0.3 is 0 Å². The van der Waals surface area contributed by atoms with Crippen LogP contribution in [0.15, 0.2) is 12.1 Å². The van der Waals surface area contributed by atoms with Gasteiger partial charge in [-0.05, 0) is 43.0 Å². The van der Waals surface area contributed by atoms with E-state index in [1.807, 2.05) is 19.1 Å². The maximum atomic E-state index is 11.0. The highest BCUT2D eigenvalue weighted by molar-refractivity contribution is 5.89. The van der Waals surface area contributed by atoms with Gasteiger partial charge in [0.2, 0.25) is 5.91 Å². The van der Waals surface area contributed by atoms with Gasteiger partial charge in [-0.15, -0.1) is 0 Å². The minimum atomic E-state index is -0.0360. The van der Waals surface area contributed by atoms with E-state index in [0.29, 0.717) is 0 Å². The van der Waals surface area contributed by atoms with Crippen LogP contribution in [0, 0.1) is 6.92 Å². The van der Waals surface area contributed by atoms with Crippen LogP contribution in [0.25, 0.3) is 0 Å². The quantitative estimate of drug-likeness (QED) is 0.763. The third-order valence-electron chi connectivity index (χ3n) is 2.51. The monoisotopic (exact) mass is 205 g/mol. The molecular formula is C12H15NO2. The van der Waals surface area contributed by atoms with E-state index in [2.05, 4.69) is 5.32 Å². The molecule has 3 nitrogen and oxygen atoms in total. The second kappa shape index (κ2) is 3.93. The van der Waals surface area contributed by atoms with E-state index in [1.165, 1.54) is 12.5 Å². The Kier molecular flexibility index (Phi) is 2.62. The van der Waals surface area contributed by atoms with Gasteiger partial charge in [-0.3, -0.25) is 4.79 Å². The summed E-state index contributed by atoms with van der Waals surface area (Å²) in [4.78, 5) is 11.0. The fraction of sp³-hybridized carbons (Fsp3) is 0.417. The zero-order valence-corrected chi connectivity index (χ0v) is 9.09. The smallest absolute Gasteiger partial charge is 0.221 e. The van der Waals surface area contributed by atoms with E-state index in [4.69, 9.17) is 4.74 Å². The van der Waals surface area contributed by atoms with Crippen LogP contribution in [0.1, 0.15) is 24.5 Å². The maximum Gasteiger partial charge on any atom is 0.221 e. The number of nitrogens with one attached hydrogen (secondary N) is 1. The van der Waals surface area contributed by atoms with E-state index in [0.717, 1.165) is 36.4 Å². The van der Waals surface area contributed by atoms with Gasteiger partial charge in [0.25, 0.3) is 0 Å². The average molecular weight is 205 g/mol. The number of amides is 1. The van der Waals surface area contributed by atoms with Crippen LogP contribution in [0.3, 0.4) is 0 Å². The fourth-order valence-electron chi connectivity index (χ4n) is 1.95. The molecule has 0 radical (unpaired) electrons. The first-order chi connectivity index (χ1) is 7.16. The summed E-state index contributed by atoms with van der Waals surface area (Å²) in [5, 5.41) is 2.80. The van der Waals surface area contributed by atoms with Crippen molar-refractivity contribution in [2.45, 2.75) is 26.7 Å². The summed E-state index contributed by atoms with van der Waals surface area (Å²) in [7, 11) is 0. The van der Waals surface area contributed by atoms with Gasteiger partial charge in [0.05, 0.1) is 6.61 Å². The molecule has 1 aromatic rings. The van der Waals surface area contributed by atoms with Crippen molar-refractivity contribution >= 4 is 11.6 Å². The zero-order valence-electron chi connectivity index (χ0n) is 9.09. The van der Waals surface area contributed by atoms with Crippen molar-refractivity contribution in [2.24, 2.45) is 0 Å². The number of carbonyl (C=O) groups excluding carboxylic acids is 1. The number of fused-ring (bicyclic) bond motifs is 1. The summed E-state index contributed by atoms with van der Waals surface area (Å²) in [6, 6.07) is 3.95. The van der Waals surface area contributed by atoms with Crippen molar-refractivity contribution in [2.75, 3.05) is 11.9 Å². The van der Waals surface area contributed by atoms with Gasteiger partial charge in [-0.25, -0.2) is 0 Å². The Morgan fingerprint density at radius 1 is 1.47 bits per heavy atom. The minimum Gasteiger partial charge on any atom is -0.493 e. The Morgan fingerprint density at radius 3 is 3.00 bits per heavy atom. The highest BCUT2D eigenvalue weighted by Gasteiger charge is 2.14. The molecule has 0 saturated heterocycles. The topological polar surface area (TPSA) is 38.3 Å². The molecule has 0 bridgehead atoms. The number of ether oxygens (including phenoxy) is 1. The molecule has 0 unspecified atom stereocenters. The third-order valence-corrected chi connectivity index (χ3v) is 2.51. The molecule has 0 aliphatic carbocycles. The molecule has 0 atom stereocenters. The Bertz CT molecular complexity index is 399. The molecule has 0 spiro atoms. The van der Waals surface area contributed by atoms with Gasteiger partial charge in [0.15, 0.2) is 0 Å². The lowest BCUT2D eigenvalue weighted by molar-refractivity contribution is -0.114. The standard InChI is InChI=1S/C12H15NO2/c1-8-6-11(13-9(2)14)7-10-4-3-5-15-12(8)10/h6-7H,3-5H2,1-2H3,(H,13,14). The first-order valence-electron chi connectivity index (χ1n) is 5.21. The van der Waals surface area contributed by atoms with Crippen LogP contribution in [0.2, 0.25) is 0 Å². The van der Waals surface area contributed by atoms with Crippen LogP contribution in [-0.2, 0) is 11.2 Å². The second-order valence-corrected chi connectivity index (χ2v) is 3.91. The third kappa shape index (κ3) is 2.12. The SMILES string of the molecule is CC(=O)Nc1cc(C)c2c(c1)CCCO2. The molecule has 0 aromatic heterocycles. The van der Waals surface area contributed by atoms with E-state index in [1.54, 1.807) is 0 Å². The van der Waals surface area contributed by atoms with Crippen molar-refractivity contribution in [1.29, 1.82) is 0 Å². The van der Waals surface area contributed by atoms with Crippen molar-refractivity contribution in [3.63, 3.8) is 0 Å². The second-order valence-electron chi connectivity index (χ2n) is 3.91. The summed E-state index contributed by atoms with van der Waals surface area (Å²) in [6.07, 6.45) is 2.08. The van der Waals surface area contributed by atoms with Gasteiger partial charge in [-0.1, -0.05) is 0 Å². The summed E-state index contributed by atoms with van der Waals surface area (Å²) in [6.45, 7) is 4.33. The zero-order chi connectivity index (χ0) is 10.8. The predicted molar refractivity (Wildman–Crippen MR) is 59.3 cm³/mol. The van der Waals surface area contributed by atoms with Crippen LogP contribution < -0.4 is 10.1 Å². The molecule has 15 heavy (non-hydrogen) atoms. The Hall–Kier alpha value is -1.51. The summed E-state index contributed by atoms with van der Waals surface area (Å²) in [5.41, 5.74) is 3.16. The average Bonchev–Trinajstić information content (AvgIpc) is 2.16. The van der Waals surface area contributed by atoms with Crippen LogP contribution in [-0.4, -0.2) is 12.5 Å². The normalized spacial score (nSPS) is 14.0. The van der Waals surface area contributed by atoms with E-state index >= 15 is 0 Å². The summed E-state index contributed by atoms with van der Waals surface area (Å²) in [5.74, 6) is 0.960. The molecular weight excluding hydrogens is 190 g/mol. The number of rotatable bonds is 1. The minimum absolute atomic E-state index is 0.0360. The molecule has 3 heteroatoms. The van der Waals surface area contributed by atoms with Gasteiger partial charge in [0.1, 0.15) is 5.75 Å². The number of benzene rings is 1. The van der Waals surface area contributed by atoms with Gasteiger partial charge in [-0.2, -0.15) is 0 Å². The molecule has 1 aliphatic rings. The Morgan fingerprint density at radius 2 is 2.27 bits per heavy atom. The first-order valence-corrected chi connectivity index (χ1v) is 5.21. The van der Waals surface area contributed by atoms with E-state index in [9.17, 15) is 4.79 Å². The number of carbonyl (C=O) groups is 1. The molecule has 80 valence electrons. The molecule has 0 fully saturated rings. The van der Waals surface area contributed by atoms with E-state index < -0.39 is 0 Å². The number of anilines is 1. The molecule has 2 rings (SSSR count). The molecule has 1 aromatic carbocycles. The molecule has 1 aliphatic heterocycles. The fourth-order valence-corrected chi connectivity index (χ4v) is 1.95. The van der Waals surface area contributed by atoms with Gasteiger partial charge < -0.3 is 10.1 Å². The highest BCUT2D eigenvalue weighted by Crippen LogP contribution is 2.31. The van der Waals surface area contributed by atoms with Crippen molar-refractivity contribution in [1.82, 2.24) is 0 Å². The summed E-state index contributed by atoms with van der Waals surface area (Å²) >= 11 is 0. The van der Waals surface area contributed by atoms with Gasteiger partial charge in [0, 0.05) is 12.6 Å². The van der Waals surface area contributed by atoms with Crippen LogP contribution in [0.4, 0.5) is 5.69 Å². The lowest BCUT2D eigenvalue weighted by Gasteiger charge is -2.20.